The molecule has 0 aliphatic carbocycles. The molecule has 0 saturated carbocycles. The van der Waals surface area contributed by atoms with E-state index in [1.165, 1.54) is 4.90 Å². The first kappa shape index (κ1) is 16.1. The minimum atomic E-state index is -1.65. The van der Waals surface area contributed by atoms with Gasteiger partial charge in [0.05, 0.1) is 0 Å². The van der Waals surface area contributed by atoms with Gasteiger partial charge < -0.3 is 15.1 Å². The molecule has 1 saturated heterocycles. The normalized spacial score (nSPS) is 19.9. The number of rotatable bonds is 2. The van der Waals surface area contributed by atoms with Gasteiger partial charge in [-0.3, -0.25) is 4.79 Å². The second-order valence-corrected chi connectivity index (χ2v) is 6.15. The highest BCUT2D eigenvalue weighted by molar-refractivity contribution is 7.07. The maximum absolute atomic E-state index is 11.9. The van der Waals surface area contributed by atoms with Crippen molar-refractivity contribution < 1.29 is 19.8 Å². The number of carboxylic acids is 1. The number of likely N-dealkylation sites (N-methyl/N-ethyl adjacent to an activating group) is 1. The second kappa shape index (κ2) is 6.03. The van der Waals surface area contributed by atoms with Crippen LogP contribution in [-0.4, -0.2) is 55.5 Å². The fourth-order valence-electron chi connectivity index (χ4n) is 2.31. The number of carbonyl (C=O) groups excluding carboxylic acids is 1. The average Bonchev–Trinajstić information content (AvgIpc) is 3.16. The third-order valence-electron chi connectivity index (χ3n) is 3.65. The molecule has 0 spiro atoms. The molecule has 0 radical (unpaired) electrons. The number of nitrogens with zero attached hydrogens (tertiary/aromatic N) is 3. The molecule has 2 N–H and O–H groups in total. The number of benzene rings is 1. The summed E-state index contributed by atoms with van der Waals surface area (Å²) < 4.78 is 4.01. The lowest BCUT2D eigenvalue weighted by Crippen LogP contribution is -2.37. The summed E-state index contributed by atoms with van der Waals surface area (Å²) in [4.78, 5) is 28.2. The Kier molecular flexibility index (Phi) is 4.05. The summed E-state index contributed by atoms with van der Waals surface area (Å²) >= 11 is 0.805. The predicted molar refractivity (Wildman–Crippen MR) is 86.4 cm³/mol. The first-order chi connectivity index (χ1) is 11.4. The van der Waals surface area contributed by atoms with Gasteiger partial charge in [0.2, 0.25) is 10.6 Å². The number of amides is 1. The fourth-order valence-corrected chi connectivity index (χ4v) is 2.83. The van der Waals surface area contributed by atoms with E-state index < -0.39 is 17.5 Å². The third kappa shape index (κ3) is 2.99. The Balaban J connectivity index is 1.88. The molecule has 1 fully saturated rings. The number of carboxylic acid groups (broad SMARTS) is 1. The Labute approximate surface area is 141 Å². The van der Waals surface area contributed by atoms with E-state index in [4.69, 9.17) is 5.11 Å². The molecule has 1 aliphatic rings. The van der Waals surface area contributed by atoms with Gasteiger partial charge >= 0.3 is 5.97 Å². The highest BCUT2D eigenvalue weighted by Crippen LogP contribution is 2.22. The molecule has 2 aromatic rings. The predicted octanol–water partition coefficient (Wildman–Crippen LogP) is 0.848. The van der Waals surface area contributed by atoms with Crippen molar-refractivity contribution in [1.82, 2.24) is 14.3 Å². The molecule has 0 unspecified atom stereocenters. The summed E-state index contributed by atoms with van der Waals surface area (Å²) in [7, 11) is 1.62. The van der Waals surface area contributed by atoms with Crippen molar-refractivity contribution in [2.24, 2.45) is 0 Å². The van der Waals surface area contributed by atoms with E-state index in [0.29, 0.717) is 23.5 Å². The molecule has 3 rings (SSSR count). The van der Waals surface area contributed by atoms with Crippen LogP contribution in [0.15, 0.2) is 24.3 Å². The van der Waals surface area contributed by atoms with Gasteiger partial charge in [-0.25, -0.2) is 9.78 Å². The van der Waals surface area contributed by atoms with Gasteiger partial charge in [-0.05, 0) is 23.7 Å². The summed E-state index contributed by atoms with van der Waals surface area (Å²) in [5, 5.41) is 19.1. The highest BCUT2D eigenvalue weighted by atomic mass is 32.1. The standard InChI is InChI=1S/C16H13N3O4S/c1-19-8-7-16(23,15(19)22)6-5-10-3-2-4-11(9-10)12-17-13(14(20)21)24-18-12/h2-4,9,23H,7-8H2,1H3,(H,20,21)/t16-/m0/s1. The summed E-state index contributed by atoms with van der Waals surface area (Å²) in [6.07, 6.45) is 0.268. The van der Waals surface area contributed by atoms with Crippen LogP contribution >= 0.6 is 11.5 Å². The van der Waals surface area contributed by atoms with Gasteiger partial charge in [0.15, 0.2) is 5.82 Å². The molecule has 1 aliphatic heterocycles. The lowest BCUT2D eigenvalue weighted by Gasteiger charge is -2.13. The van der Waals surface area contributed by atoms with Crippen LogP contribution in [0.1, 0.15) is 21.8 Å². The maximum atomic E-state index is 11.9. The SMILES string of the molecule is CN1CC[C@@](O)(C#Cc2cccc(-c3nsc(C(=O)O)n3)c2)C1=O. The zero-order chi connectivity index (χ0) is 17.3. The number of aliphatic hydroxyl groups is 1. The lowest BCUT2D eigenvalue weighted by atomic mass is 10.0. The zero-order valence-corrected chi connectivity index (χ0v) is 13.5. The third-order valence-corrected chi connectivity index (χ3v) is 4.36. The number of carbonyl (C=O) groups is 2. The minimum Gasteiger partial charge on any atom is -0.476 e. The number of hydrogen-bond acceptors (Lipinski definition) is 6. The monoisotopic (exact) mass is 343 g/mol. The first-order valence-electron chi connectivity index (χ1n) is 7.07. The van der Waals surface area contributed by atoms with E-state index in [9.17, 15) is 14.7 Å². The molecule has 1 aromatic heterocycles. The number of hydrogen-bond donors (Lipinski definition) is 2. The van der Waals surface area contributed by atoms with Crippen LogP contribution in [0.4, 0.5) is 0 Å². The Morgan fingerprint density at radius 2 is 2.25 bits per heavy atom. The lowest BCUT2D eigenvalue weighted by molar-refractivity contribution is -0.137. The van der Waals surface area contributed by atoms with Crippen molar-refractivity contribution in [1.29, 1.82) is 0 Å². The smallest absolute Gasteiger partial charge is 0.366 e. The first-order valence-corrected chi connectivity index (χ1v) is 7.85. The Morgan fingerprint density at radius 3 is 2.88 bits per heavy atom. The number of aromatic nitrogens is 2. The molecule has 7 nitrogen and oxygen atoms in total. The van der Waals surface area contributed by atoms with E-state index in [1.54, 1.807) is 31.3 Å². The summed E-state index contributed by atoms with van der Waals surface area (Å²) in [6.45, 7) is 0.463. The van der Waals surface area contributed by atoms with Crippen LogP contribution in [-0.2, 0) is 4.79 Å². The molecule has 2 heterocycles. The van der Waals surface area contributed by atoms with E-state index in [0.717, 1.165) is 11.5 Å². The van der Waals surface area contributed by atoms with Crippen LogP contribution in [0.25, 0.3) is 11.4 Å². The van der Waals surface area contributed by atoms with E-state index >= 15 is 0 Å². The summed E-state index contributed by atoms with van der Waals surface area (Å²) in [5.41, 5.74) is -0.456. The van der Waals surface area contributed by atoms with Crippen LogP contribution in [0, 0.1) is 11.8 Å². The van der Waals surface area contributed by atoms with Gasteiger partial charge in [-0.2, -0.15) is 4.37 Å². The number of aromatic carboxylic acids is 1. The van der Waals surface area contributed by atoms with Gasteiger partial charge in [-0.15, -0.1) is 0 Å². The molecule has 0 bridgehead atoms. The van der Waals surface area contributed by atoms with Crippen LogP contribution in [0.2, 0.25) is 0 Å². The largest absolute Gasteiger partial charge is 0.476 e. The van der Waals surface area contributed by atoms with Crippen molar-refractivity contribution in [3.05, 3.63) is 34.8 Å². The van der Waals surface area contributed by atoms with Crippen molar-refractivity contribution in [2.45, 2.75) is 12.0 Å². The van der Waals surface area contributed by atoms with Crippen LogP contribution in [0.5, 0.6) is 0 Å². The Hall–Kier alpha value is -2.76. The fraction of sp³-hybridized carbons (Fsp3) is 0.250. The molecular weight excluding hydrogens is 330 g/mol. The second-order valence-electron chi connectivity index (χ2n) is 5.40. The van der Waals surface area contributed by atoms with E-state index in [-0.39, 0.29) is 11.4 Å². The topological polar surface area (TPSA) is 104 Å². The van der Waals surface area contributed by atoms with Gasteiger partial charge in [0.25, 0.3) is 5.91 Å². The molecule has 122 valence electrons. The number of likely N-dealkylation sites (tertiary alicyclic amines) is 1. The maximum Gasteiger partial charge on any atom is 0.366 e. The summed E-state index contributed by atoms with van der Waals surface area (Å²) in [5.74, 6) is 4.21. The average molecular weight is 343 g/mol. The van der Waals surface area contributed by atoms with Crippen molar-refractivity contribution in [3.8, 4) is 23.2 Å². The van der Waals surface area contributed by atoms with Gasteiger partial charge in [0, 0.05) is 31.1 Å². The highest BCUT2D eigenvalue weighted by Gasteiger charge is 2.42. The van der Waals surface area contributed by atoms with Crippen LogP contribution < -0.4 is 0 Å². The van der Waals surface area contributed by atoms with Crippen molar-refractivity contribution in [3.63, 3.8) is 0 Å². The molecule has 1 amide bonds. The zero-order valence-electron chi connectivity index (χ0n) is 12.7. The quantitative estimate of drug-likeness (QED) is 0.784. The van der Waals surface area contributed by atoms with E-state index in [2.05, 4.69) is 21.2 Å². The minimum absolute atomic E-state index is 0.0876. The van der Waals surface area contributed by atoms with Crippen molar-refractivity contribution >= 4 is 23.4 Å². The van der Waals surface area contributed by atoms with Gasteiger partial charge in [-0.1, -0.05) is 24.0 Å². The van der Waals surface area contributed by atoms with Crippen LogP contribution in [0.3, 0.4) is 0 Å². The molecule has 1 aromatic carbocycles. The Morgan fingerprint density at radius 1 is 1.46 bits per heavy atom. The molecule has 1 atom stereocenters. The molecular formula is C16H13N3O4S. The molecule has 24 heavy (non-hydrogen) atoms. The Bertz CT molecular complexity index is 883. The van der Waals surface area contributed by atoms with Crippen molar-refractivity contribution in [2.75, 3.05) is 13.6 Å². The van der Waals surface area contributed by atoms with Gasteiger partial charge in [0.1, 0.15) is 0 Å². The van der Waals surface area contributed by atoms with E-state index in [1.807, 2.05) is 0 Å². The molecule has 8 heteroatoms. The summed E-state index contributed by atoms with van der Waals surface area (Å²) in [6, 6.07) is 6.89.